The molecule has 0 nitrogen and oxygen atoms in total. The van der Waals surface area contributed by atoms with E-state index in [0.717, 1.165) is 0 Å². The number of benzene rings is 1. The zero-order chi connectivity index (χ0) is 25.8. The fourth-order valence-corrected chi connectivity index (χ4v) is 5.53. The molecule has 0 amide bonds. The molecule has 1 aromatic rings. The Labute approximate surface area is 228 Å². The minimum atomic E-state index is 1.23. The van der Waals surface area contributed by atoms with E-state index in [-0.39, 0.29) is 0 Å². The summed E-state index contributed by atoms with van der Waals surface area (Å²) < 4.78 is 0. The summed E-state index contributed by atoms with van der Waals surface area (Å²) >= 11 is 0. The van der Waals surface area contributed by atoms with E-state index in [1.165, 1.54) is 191 Å². The van der Waals surface area contributed by atoms with Crippen LogP contribution in [0.4, 0.5) is 0 Å². The first kappa shape index (κ1) is 33.2. The smallest absolute Gasteiger partial charge is 0.0114 e. The third-order valence-corrected chi connectivity index (χ3v) is 8.02. The molecule has 209 valence electrons. The molecule has 1 radical (unpaired) electrons. The second-order valence-electron chi connectivity index (χ2n) is 11.7. The van der Waals surface area contributed by atoms with E-state index in [0.29, 0.717) is 0 Å². The Bertz CT molecular complexity index is 499. The van der Waals surface area contributed by atoms with Crippen molar-refractivity contribution in [3.63, 3.8) is 0 Å². The molecule has 1 aromatic carbocycles. The molecule has 36 heavy (non-hydrogen) atoms. The lowest BCUT2D eigenvalue weighted by Crippen LogP contribution is -1.92. The van der Waals surface area contributed by atoms with Gasteiger partial charge in [-0.15, -0.1) is 0 Å². The third-order valence-electron chi connectivity index (χ3n) is 8.02. The van der Waals surface area contributed by atoms with Crippen LogP contribution in [-0.4, -0.2) is 0 Å². The van der Waals surface area contributed by atoms with Crippen molar-refractivity contribution in [1.29, 1.82) is 0 Å². The highest BCUT2D eigenvalue weighted by atomic mass is 14.1. The van der Waals surface area contributed by atoms with Crippen LogP contribution in [0.25, 0.3) is 0 Å². The summed E-state index contributed by atoms with van der Waals surface area (Å²) in [6.45, 7) is 4.60. The largest absolute Gasteiger partial charge is 0.0654 e. The van der Waals surface area contributed by atoms with Crippen LogP contribution in [0.15, 0.2) is 18.2 Å². The van der Waals surface area contributed by atoms with Crippen LogP contribution in [0.3, 0.4) is 0 Å². The average Bonchev–Trinajstić information content (AvgIpc) is 2.90. The van der Waals surface area contributed by atoms with Gasteiger partial charge in [0, 0.05) is 0 Å². The predicted molar refractivity (Wildman–Crippen MR) is 164 cm³/mol. The third kappa shape index (κ3) is 22.4. The minimum absolute atomic E-state index is 1.23. The van der Waals surface area contributed by atoms with Gasteiger partial charge in [-0.05, 0) is 42.9 Å². The first-order valence-electron chi connectivity index (χ1n) is 16.9. The molecule has 0 saturated carbocycles. The summed E-state index contributed by atoms with van der Waals surface area (Å²) in [5.41, 5.74) is 2.90. The predicted octanol–water partition coefficient (Wildman–Crippen LogP) is 12.8. The van der Waals surface area contributed by atoms with Crippen molar-refractivity contribution in [1.82, 2.24) is 0 Å². The first-order valence-corrected chi connectivity index (χ1v) is 16.9. The maximum absolute atomic E-state index is 3.73. The molecule has 0 atom stereocenters. The molecule has 0 fully saturated rings. The molecule has 0 N–H and O–H groups in total. The second-order valence-corrected chi connectivity index (χ2v) is 11.7. The fraction of sp³-hybridized carbons (Fsp3) is 0.833. The Morgan fingerprint density at radius 3 is 0.889 bits per heavy atom. The summed E-state index contributed by atoms with van der Waals surface area (Å²) in [5, 5.41) is 0. The van der Waals surface area contributed by atoms with E-state index >= 15 is 0 Å². The lowest BCUT2D eigenvalue weighted by atomic mass is 9.99. The van der Waals surface area contributed by atoms with Gasteiger partial charge in [0.15, 0.2) is 0 Å². The van der Waals surface area contributed by atoms with Gasteiger partial charge in [-0.1, -0.05) is 186 Å². The molecule has 0 aliphatic rings. The Kier molecular flexibility index (Phi) is 25.2. The van der Waals surface area contributed by atoms with Crippen LogP contribution in [0, 0.1) is 6.07 Å². The number of hydrogen-bond acceptors (Lipinski definition) is 0. The molecular weight excluding hydrogens is 432 g/mol. The van der Waals surface area contributed by atoms with Gasteiger partial charge in [-0.2, -0.15) is 0 Å². The minimum Gasteiger partial charge on any atom is -0.0654 e. The van der Waals surface area contributed by atoms with Gasteiger partial charge in [0.25, 0.3) is 0 Å². The summed E-state index contributed by atoms with van der Waals surface area (Å²) in [6, 6.07) is 10.6. The maximum Gasteiger partial charge on any atom is -0.0114 e. The monoisotopic (exact) mass is 498 g/mol. The van der Waals surface area contributed by atoms with Crippen LogP contribution >= 0.6 is 0 Å². The van der Waals surface area contributed by atoms with Crippen molar-refractivity contribution in [2.45, 2.75) is 194 Å². The normalized spacial score (nSPS) is 11.4. The van der Waals surface area contributed by atoms with Crippen molar-refractivity contribution in [2.24, 2.45) is 0 Å². The van der Waals surface area contributed by atoms with Crippen LogP contribution in [-0.2, 0) is 12.8 Å². The summed E-state index contributed by atoms with van der Waals surface area (Å²) in [7, 11) is 0. The summed E-state index contributed by atoms with van der Waals surface area (Å²) in [6.07, 6.45) is 39.7. The highest BCUT2D eigenvalue weighted by Gasteiger charge is 2.00. The van der Waals surface area contributed by atoms with Crippen molar-refractivity contribution in [2.75, 3.05) is 0 Å². The standard InChI is InChI=1S/C36H65/c1-3-5-7-9-11-13-15-17-19-21-23-25-27-30-35-32-29-33-36(34-35)31-28-26-24-22-20-18-16-14-12-10-8-6-4-2/h29,32-33H,3-28,30-31H2,1-2H3. The molecule has 0 aliphatic carbocycles. The number of rotatable bonds is 28. The van der Waals surface area contributed by atoms with Gasteiger partial charge in [0.05, 0.1) is 0 Å². The van der Waals surface area contributed by atoms with E-state index in [9.17, 15) is 0 Å². The van der Waals surface area contributed by atoms with E-state index < -0.39 is 0 Å². The van der Waals surface area contributed by atoms with E-state index in [4.69, 9.17) is 0 Å². The Morgan fingerprint density at radius 2 is 0.611 bits per heavy atom. The van der Waals surface area contributed by atoms with Gasteiger partial charge < -0.3 is 0 Å². The fourth-order valence-electron chi connectivity index (χ4n) is 5.53. The van der Waals surface area contributed by atoms with Crippen LogP contribution in [0.5, 0.6) is 0 Å². The van der Waals surface area contributed by atoms with Gasteiger partial charge in [0.1, 0.15) is 0 Å². The number of aryl methyl sites for hydroxylation is 2. The quantitative estimate of drug-likeness (QED) is 0.101. The van der Waals surface area contributed by atoms with Gasteiger partial charge in [-0.3, -0.25) is 0 Å². The molecule has 0 unspecified atom stereocenters. The summed E-state index contributed by atoms with van der Waals surface area (Å²) in [4.78, 5) is 0. The van der Waals surface area contributed by atoms with Gasteiger partial charge in [-0.25, -0.2) is 0 Å². The highest BCUT2D eigenvalue weighted by molar-refractivity contribution is 5.22. The SMILES string of the molecule is CCCCCCCCCCCCCCCc1[c]c(CCCCCCCCCCCCCCC)ccc1. The van der Waals surface area contributed by atoms with E-state index in [1.54, 1.807) is 0 Å². The lowest BCUT2D eigenvalue weighted by molar-refractivity contribution is 0.539. The molecule has 0 spiro atoms. The van der Waals surface area contributed by atoms with Gasteiger partial charge in [0.2, 0.25) is 0 Å². The van der Waals surface area contributed by atoms with Crippen molar-refractivity contribution in [3.05, 3.63) is 35.4 Å². The molecule has 0 aromatic heterocycles. The molecular formula is C36H65. The number of hydrogen-bond donors (Lipinski definition) is 0. The van der Waals surface area contributed by atoms with Crippen LogP contribution in [0.2, 0.25) is 0 Å². The summed E-state index contributed by atoms with van der Waals surface area (Å²) in [5.74, 6) is 0. The Morgan fingerprint density at radius 1 is 0.361 bits per heavy atom. The van der Waals surface area contributed by atoms with Crippen LogP contribution in [0.1, 0.15) is 192 Å². The zero-order valence-corrected chi connectivity index (χ0v) is 25.0. The molecule has 0 heterocycles. The highest BCUT2D eigenvalue weighted by Crippen LogP contribution is 2.16. The van der Waals surface area contributed by atoms with Crippen molar-refractivity contribution < 1.29 is 0 Å². The average molecular weight is 498 g/mol. The van der Waals surface area contributed by atoms with E-state index in [1.807, 2.05) is 0 Å². The Balaban J connectivity index is 1.89. The maximum atomic E-state index is 3.73. The van der Waals surface area contributed by atoms with Gasteiger partial charge >= 0.3 is 0 Å². The van der Waals surface area contributed by atoms with Crippen molar-refractivity contribution in [3.8, 4) is 0 Å². The van der Waals surface area contributed by atoms with Crippen molar-refractivity contribution >= 4 is 0 Å². The lowest BCUT2D eigenvalue weighted by Gasteiger charge is -2.06. The zero-order valence-electron chi connectivity index (χ0n) is 25.0. The Hall–Kier alpha value is -0.780. The van der Waals surface area contributed by atoms with E-state index in [2.05, 4.69) is 38.1 Å². The second kappa shape index (κ2) is 27.3. The molecule has 0 aliphatic heterocycles. The number of unbranched alkanes of at least 4 members (excludes halogenated alkanes) is 24. The molecule has 1 rings (SSSR count). The molecule has 0 heteroatoms. The molecule has 0 saturated heterocycles. The molecule has 0 bridgehead atoms. The van der Waals surface area contributed by atoms with Crippen LogP contribution < -0.4 is 0 Å². The topological polar surface area (TPSA) is 0 Å². The first-order chi connectivity index (χ1) is 17.9.